The highest BCUT2D eigenvalue weighted by atomic mass is 16.2. The van der Waals surface area contributed by atoms with Crippen molar-refractivity contribution in [1.82, 2.24) is 15.4 Å². The van der Waals surface area contributed by atoms with E-state index in [0.29, 0.717) is 5.56 Å². The largest absolute Gasteiger partial charge is 0.382 e. The van der Waals surface area contributed by atoms with E-state index in [1.807, 2.05) is 6.07 Å². The number of nitriles is 1. The van der Waals surface area contributed by atoms with Crippen LogP contribution in [0.15, 0.2) is 48.0 Å². The van der Waals surface area contributed by atoms with E-state index in [4.69, 9.17) is 11.0 Å². The maximum atomic E-state index is 11.8. The van der Waals surface area contributed by atoms with Crippen molar-refractivity contribution in [2.75, 3.05) is 0 Å². The molecule has 0 saturated heterocycles. The number of hydrogen-bond acceptors (Lipinski definition) is 5. The lowest BCUT2D eigenvalue weighted by Crippen LogP contribution is -2.24. The van der Waals surface area contributed by atoms with Gasteiger partial charge in [-0.3, -0.25) is 9.78 Å². The van der Waals surface area contributed by atoms with Crippen molar-refractivity contribution in [3.63, 3.8) is 0 Å². The van der Waals surface area contributed by atoms with Crippen LogP contribution in [0.5, 0.6) is 0 Å². The maximum Gasteiger partial charge on any atom is 0.271 e. The molecule has 0 saturated carbocycles. The van der Waals surface area contributed by atoms with E-state index in [9.17, 15) is 4.79 Å². The van der Waals surface area contributed by atoms with E-state index in [1.54, 1.807) is 24.5 Å². The molecule has 7 nitrogen and oxygen atoms in total. The summed E-state index contributed by atoms with van der Waals surface area (Å²) in [6, 6.07) is 8.05. The third-order valence-corrected chi connectivity index (χ3v) is 2.39. The van der Waals surface area contributed by atoms with Crippen LogP contribution in [-0.4, -0.2) is 21.7 Å². The minimum atomic E-state index is -0.471. The zero-order valence-electron chi connectivity index (χ0n) is 10.3. The van der Waals surface area contributed by atoms with Crippen LogP contribution in [-0.2, 0) is 0 Å². The molecule has 7 heteroatoms. The minimum absolute atomic E-state index is 0.156. The van der Waals surface area contributed by atoms with E-state index in [2.05, 4.69) is 20.5 Å². The quantitative estimate of drug-likeness (QED) is 0.473. The summed E-state index contributed by atoms with van der Waals surface area (Å²) < 4.78 is 0. The molecule has 1 amide bonds. The first kappa shape index (κ1) is 13.2. The molecule has 0 aliphatic carbocycles. The number of pyridine rings is 2. The van der Waals surface area contributed by atoms with Gasteiger partial charge in [0.15, 0.2) is 5.84 Å². The van der Waals surface area contributed by atoms with Gasteiger partial charge in [0.1, 0.15) is 11.8 Å². The first-order chi connectivity index (χ1) is 9.70. The van der Waals surface area contributed by atoms with Crippen LogP contribution < -0.4 is 11.2 Å². The Morgan fingerprint density at radius 2 is 1.95 bits per heavy atom. The third kappa shape index (κ3) is 3.14. The van der Waals surface area contributed by atoms with E-state index in [-0.39, 0.29) is 17.1 Å². The first-order valence-corrected chi connectivity index (χ1v) is 5.61. The van der Waals surface area contributed by atoms with Gasteiger partial charge >= 0.3 is 0 Å². The Morgan fingerprint density at radius 1 is 1.25 bits per heavy atom. The minimum Gasteiger partial charge on any atom is -0.382 e. The summed E-state index contributed by atoms with van der Waals surface area (Å²) in [4.78, 5) is 19.5. The SMILES string of the molecule is N#Cc1cc(C(=O)NN=C(N)c2ccncc2)ccn1. The molecule has 0 bridgehead atoms. The van der Waals surface area contributed by atoms with E-state index in [0.717, 1.165) is 0 Å². The van der Waals surface area contributed by atoms with Crippen molar-refractivity contribution in [2.45, 2.75) is 0 Å². The normalized spacial score (nSPS) is 10.7. The molecule has 0 unspecified atom stereocenters. The highest BCUT2D eigenvalue weighted by molar-refractivity contribution is 5.99. The van der Waals surface area contributed by atoms with Gasteiger partial charge in [0.25, 0.3) is 5.91 Å². The molecule has 0 fully saturated rings. The lowest BCUT2D eigenvalue weighted by molar-refractivity contribution is 0.0954. The Kier molecular flexibility index (Phi) is 3.99. The lowest BCUT2D eigenvalue weighted by atomic mass is 10.2. The molecule has 2 heterocycles. The summed E-state index contributed by atoms with van der Waals surface area (Å²) in [6.45, 7) is 0. The Labute approximate surface area is 114 Å². The van der Waals surface area contributed by atoms with Crippen molar-refractivity contribution in [1.29, 1.82) is 5.26 Å². The number of hydrogen-bond donors (Lipinski definition) is 2. The van der Waals surface area contributed by atoms with Gasteiger partial charge in [-0.25, -0.2) is 10.4 Å². The molecule has 0 aromatic carbocycles. The summed E-state index contributed by atoms with van der Waals surface area (Å²) >= 11 is 0. The monoisotopic (exact) mass is 266 g/mol. The van der Waals surface area contributed by atoms with Gasteiger partial charge in [-0.15, -0.1) is 0 Å². The number of nitrogens with two attached hydrogens (primary N) is 1. The molecule has 2 aromatic rings. The molecule has 0 radical (unpaired) electrons. The van der Waals surface area contributed by atoms with Crippen molar-refractivity contribution < 1.29 is 4.79 Å². The summed E-state index contributed by atoms with van der Waals surface area (Å²) in [5.41, 5.74) is 9.12. The number of nitrogens with one attached hydrogen (secondary N) is 1. The second-order valence-corrected chi connectivity index (χ2v) is 3.72. The van der Waals surface area contributed by atoms with Crippen LogP contribution in [0.3, 0.4) is 0 Å². The second-order valence-electron chi connectivity index (χ2n) is 3.72. The van der Waals surface area contributed by atoms with Crippen molar-refractivity contribution in [3.05, 3.63) is 59.7 Å². The number of rotatable bonds is 3. The highest BCUT2D eigenvalue weighted by Crippen LogP contribution is 2.01. The lowest BCUT2D eigenvalue weighted by Gasteiger charge is -2.02. The van der Waals surface area contributed by atoms with Gasteiger partial charge in [0.2, 0.25) is 0 Å². The van der Waals surface area contributed by atoms with Crippen LogP contribution >= 0.6 is 0 Å². The number of amides is 1. The number of carbonyl (C=O) groups is 1. The molecule has 0 aliphatic rings. The summed E-state index contributed by atoms with van der Waals surface area (Å²) in [5.74, 6) is -0.309. The summed E-state index contributed by atoms with van der Waals surface area (Å²) in [7, 11) is 0. The Balaban J connectivity index is 2.10. The van der Waals surface area contributed by atoms with Gasteiger partial charge < -0.3 is 5.73 Å². The predicted molar refractivity (Wildman–Crippen MR) is 71.4 cm³/mol. The molecule has 98 valence electrons. The van der Waals surface area contributed by atoms with E-state index >= 15 is 0 Å². The van der Waals surface area contributed by atoms with Gasteiger partial charge in [-0.1, -0.05) is 0 Å². The van der Waals surface area contributed by atoms with Crippen molar-refractivity contribution in [2.24, 2.45) is 10.8 Å². The molecule has 2 aromatic heterocycles. The summed E-state index contributed by atoms with van der Waals surface area (Å²) in [5, 5.41) is 12.5. The Hall–Kier alpha value is -3.27. The van der Waals surface area contributed by atoms with Gasteiger partial charge in [0.05, 0.1) is 0 Å². The van der Waals surface area contributed by atoms with Crippen LogP contribution in [0.2, 0.25) is 0 Å². The molecule has 0 atom stereocenters. The fourth-order valence-corrected chi connectivity index (χ4v) is 1.40. The maximum absolute atomic E-state index is 11.8. The molecular formula is C13H10N6O. The fraction of sp³-hybridized carbons (Fsp3) is 0. The Bertz CT molecular complexity index is 690. The van der Waals surface area contributed by atoms with Crippen molar-refractivity contribution >= 4 is 11.7 Å². The third-order valence-electron chi connectivity index (χ3n) is 2.39. The van der Waals surface area contributed by atoms with Crippen LogP contribution in [0, 0.1) is 11.3 Å². The number of aromatic nitrogens is 2. The molecule has 0 spiro atoms. The standard InChI is InChI=1S/C13H10N6O/c14-8-11-7-10(3-6-17-11)13(20)19-18-12(15)9-1-4-16-5-2-9/h1-7H,(H2,15,18)(H,19,20). The molecule has 0 aliphatic heterocycles. The van der Waals surface area contributed by atoms with Crippen LogP contribution in [0.4, 0.5) is 0 Å². The zero-order valence-corrected chi connectivity index (χ0v) is 10.3. The zero-order chi connectivity index (χ0) is 14.4. The number of hydrazone groups is 1. The number of carbonyl (C=O) groups excluding carboxylic acids is 1. The van der Waals surface area contributed by atoms with Crippen LogP contribution in [0.25, 0.3) is 0 Å². The summed E-state index contributed by atoms with van der Waals surface area (Å²) in [6.07, 6.45) is 4.52. The van der Waals surface area contributed by atoms with Crippen LogP contribution in [0.1, 0.15) is 21.6 Å². The van der Waals surface area contributed by atoms with Crippen molar-refractivity contribution in [3.8, 4) is 6.07 Å². The molecule has 20 heavy (non-hydrogen) atoms. The molecule has 2 rings (SSSR count). The Morgan fingerprint density at radius 3 is 2.65 bits per heavy atom. The van der Waals surface area contributed by atoms with Gasteiger partial charge in [0, 0.05) is 29.7 Å². The highest BCUT2D eigenvalue weighted by Gasteiger charge is 2.06. The van der Waals surface area contributed by atoms with Gasteiger partial charge in [-0.2, -0.15) is 10.4 Å². The average molecular weight is 266 g/mol. The topological polar surface area (TPSA) is 117 Å². The molecular weight excluding hydrogens is 256 g/mol. The first-order valence-electron chi connectivity index (χ1n) is 5.61. The molecule has 3 N–H and O–H groups in total. The smallest absolute Gasteiger partial charge is 0.271 e. The second kappa shape index (κ2) is 6.06. The average Bonchev–Trinajstić information content (AvgIpc) is 2.53. The fourth-order valence-electron chi connectivity index (χ4n) is 1.40. The number of amidine groups is 1. The van der Waals surface area contributed by atoms with E-state index in [1.165, 1.54) is 18.3 Å². The van der Waals surface area contributed by atoms with Gasteiger partial charge in [-0.05, 0) is 24.3 Å². The van der Waals surface area contributed by atoms with E-state index < -0.39 is 5.91 Å². The predicted octanol–water partition coefficient (Wildman–Crippen LogP) is 0.399. The number of nitrogens with zero attached hydrogens (tertiary/aromatic N) is 4.